The largest absolute Gasteiger partial charge is 0.486 e. The van der Waals surface area contributed by atoms with E-state index in [0.29, 0.717) is 0 Å². The maximum Gasteiger partial charge on any atom is 0.142 e. The quantitative estimate of drug-likeness (QED) is 0.638. The van der Waals surface area contributed by atoms with E-state index < -0.39 is 0 Å². The molecule has 1 N–H and O–H groups in total. The first-order chi connectivity index (χ1) is 12.2. The number of nitrogens with zero attached hydrogens (tertiary/aromatic N) is 2. The number of nitrogens with one attached hydrogen (secondary N) is 1. The van der Waals surface area contributed by atoms with Gasteiger partial charge in [0.05, 0.1) is 18.6 Å². The molecule has 0 bridgehead atoms. The van der Waals surface area contributed by atoms with E-state index in [-0.39, 0.29) is 6.10 Å². The Morgan fingerprint density at radius 1 is 1.16 bits per heavy atom. The minimum Gasteiger partial charge on any atom is -0.486 e. The number of imidazole rings is 1. The number of aryl methyl sites for hydroxylation is 1. The van der Waals surface area contributed by atoms with Crippen molar-refractivity contribution >= 4 is 17.3 Å². The molecule has 1 unspecified atom stereocenters. The molecule has 2 aromatic carbocycles. The lowest BCUT2D eigenvalue weighted by Crippen LogP contribution is -2.24. The van der Waals surface area contributed by atoms with Gasteiger partial charge in [-0.25, -0.2) is 4.98 Å². The molecule has 0 saturated heterocycles. The van der Waals surface area contributed by atoms with E-state index in [9.17, 15) is 0 Å². The Bertz CT molecular complexity index is 772. The molecule has 0 aliphatic heterocycles. The summed E-state index contributed by atoms with van der Waals surface area (Å²) in [6.07, 6.45) is 7.44. The molecular weight excluding hydrogens is 334 g/mol. The maximum atomic E-state index is 6.32. The zero-order chi connectivity index (χ0) is 17.5. The Balaban J connectivity index is 1.71. The van der Waals surface area contributed by atoms with Crippen molar-refractivity contribution in [3.63, 3.8) is 0 Å². The fourth-order valence-electron chi connectivity index (χ4n) is 2.75. The summed E-state index contributed by atoms with van der Waals surface area (Å²) in [4.78, 5) is 4.12. The van der Waals surface area contributed by atoms with Crippen LogP contribution >= 0.6 is 11.6 Å². The normalized spacial score (nSPS) is 11.9. The number of hydrogen-bond acceptors (Lipinski definition) is 3. The molecule has 3 aromatic rings. The molecule has 0 amide bonds. The zero-order valence-corrected chi connectivity index (χ0v) is 15.0. The molecule has 1 atom stereocenters. The Hall–Kier alpha value is -2.46. The van der Waals surface area contributed by atoms with Crippen LogP contribution in [0.2, 0.25) is 5.02 Å². The second-order valence-electron chi connectivity index (χ2n) is 5.91. The molecule has 0 aliphatic carbocycles. The van der Waals surface area contributed by atoms with E-state index in [1.54, 1.807) is 6.20 Å². The lowest BCUT2D eigenvalue weighted by Gasteiger charge is -2.21. The summed E-state index contributed by atoms with van der Waals surface area (Å²) in [5, 5.41) is 3.94. The van der Waals surface area contributed by atoms with Crippen molar-refractivity contribution < 1.29 is 4.74 Å². The van der Waals surface area contributed by atoms with Crippen LogP contribution in [-0.2, 0) is 13.0 Å². The van der Waals surface area contributed by atoms with E-state index in [4.69, 9.17) is 16.3 Å². The van der Waals surface area contributed by atoms with Gasteiger partial charge in [-0.2, -0.15) is 0 Å². The number of aromatic nitrogens is 2. The Morgan fingerprint density at radius 3 is 2.68 bits per heavy atom. The molecule has 0 aliphatic rings. The van der Waals surface area contributed by atoms with Gasteiger partial charge in [0.15, 0.2) is 0 Å². The molecule has 25 heavy (non-hydrogen) atoms. The smallest absolute Gasteiger partial charge is 0.142 e. The number of ether oxygens (including phenoxy) is 1. The molecule has 0 spiro atoms. The van der Waals surface area contributed by atoms with Crippen LogP contribution in [0.5, 0.6) is 5.75 Å². The van der Waals surface area contributed by atoms with E-state index in [2.05, 4.69) is 27.0 Å². The second kappa shape index (κ2) is 8.58. The number of anilines is 1. The zero-order valence-electron chi connectivity index (χ0n) is 14.2. The first kappa shape index (κ1) is 17.4. The van der Waals surface area contributed by atoms with Gasteiger partial charge in [0.25, 0.3) is 0 Å². The van der Waals surface area contributed by atoms with Crippen LogP contribution in [0.15, 0.2) is 67.3 Å². The minimum atomic E-state index is 0.0411. The first-order valence-corrected chi connectivity index (χ1v) is 8.76. The highest BCUT2D eigenvalue weighted by molar-refractivity contribution is 6.30. The number of para-hydroxylation sites is 2. The average Bonchev–Trinajstić information content (AvgIpc) is 3.14. The van der Waals surface area contributed by atoms with Gasteiger partial charge in [0, 0.05) is 24.5 Å². The van der Waals surface area contributed by atoms with Crippen molar-refractivity contribution in [3.05, 3.63) is 77.8 Å². The first-order valence-electron chi connectivity index (χ1n) is 8.38. The highest BCUT2D eigenvalue weighted by atomic mass is 35.5. The standard InChI is InChI=1S/C20H22ClN3O/c1-22-19-4-2-3-5-20(19)25-18(14-24-13-12-23-15-24)11-8-16-6-9-17(21)10-7-16/h2-7,9-10,12-13,15,18,22H,8,11,14H2,1H3. The van der Waals surface area contributed by atoms with Crippen LogP contribution in [0.1, 0.15) is 12.0 Å². The van der Waals surface area contributed by atoms with Crippen LogP contribution in [0.25, 0.3) is 0 Å². The summed E-state index contributed by atoms with van der Waals surface area (Å²) >= 11 is 5.97. The van der Waals surface area contributed by atoms with Crippen LogP contribution in [-0.4, -0.2) is 22.7 Å². The summed E-state index contributed by atoms with van der Waals surface area (Å²) in [5.74, 6) is 0.867. The molecule has 1 aromatic heterocycles. The van der Waals surface area contributed by atoms with Gasteiger partial charge < -0.3 is 14.6 Å². The van der Waals surface area contributed by atoms with Crippen molar-refractivity contribution in [1.29, 1.82) is 0 Å². The summed E-state index contributed by atoms with van der Waals surface area (Å²) in [6.45, 7) is 0.756. The van der Waals surface area contributed by atoms with E-state index in [1.807, 2.05) is 56.0 Å². The molecule has 0 fully saturated rings. The Labute approximate surface area is 153 Å². The van der Waals surface area contributed by atoms with Crippen LogP contribution in [0.3, 0.4) is 0 Å². The molecule has 4 nitrogen and oxygen atoms in total. The number of hydrogen-bond donors (Lipinski definition) is 1. The van der Waals surface area contributed by atoms with Crippen LogP contribution in [0.4, 0.5) is 5.69 Å². The SMILES string of the molecule is CNc1ccccc1OC(CCc1ccc(Cl)cc1)Cn1ccnc1. The lowest BCUT2D eigenvalue weighted by atomic mass is 10.1. The number of rotatable bonds is 8. The summed E-state index contributed by atoms with van der Waals surface area (Å²) in [5.41, 5.74) is 2.25. The monoisotopic (exact) mass is 355 g/mol. The third kappa shape index (κ3) is 5.00. The fraction of sp³-hybridized carbons (Fsp3) is 0.250. The molecule has 5 heteroatoms. The van der Waals surface area contributed by atoms with Gasteiger partial charge >= 0.3 is 0 Å². The van der Waals surface area contributed by atoms with E-state index in [1.165, 1.54) is 5.56 Å². The summed E-state index contributed by atoms with van der Waals surface area (Å²) in [6, 6.07) is 16.0. The predicted octanol–water partition coefficient (Wildman–Crippen LogP) is 4.66. The highest BCUT2D eigenvalue weighted by Gasteiger charge is 2.14. The maximum absolute atomic E-state index is 6.32. The third-order valence-corrected chi connectivity index (χ3v) is 4.34. The third-order valence-electron chi connectivity index (χ3n) is 4.09. The minimum absolute atomic E-state index is 0.0411. The lowest BCUT2D eigenvalue weighted by molar-refractivity contribution is 0.171. The molecular formula is C20H22ClN3O. The van der Waals surface area contributed by atoms with Gasteiger partial charge in [-0.1, -0.05) is 35.9 Å². The molecule has 130 valence electrons. The Kier molecular flexibility index (Phi) is 5.96. The second-order valence-corrected chi connectivity index (χ2v) is 6.35. The topological polar surface area (TPSA) is 39.1 Å². The number of benzene rings is 2. The van der Waals surface area contributed by atoms with Crippen LogP contribution in [0, 0.1) is 0 Å². The Morgan fingerprint density at radius 2 is 1.96 bits per heavy atom. The van der Waals surface area contributed by atoms with Crippen molar-refractivity contribution in [2.24, 2.45) is 0 Å². The van der Waals surface area contributed by atoms with Crippen LogP contribution < -0.4 is 10.1 Å². The van der Waals surface area contributed by atoms with Crippen molar-refractivity contribution in [3.8, 4) is 5.75 Å². The fourth-order valence-corrected chi connectivity index (χ4v) is 2.88. The molecule has 0 saturated carbocycles. The number of halogens is 1. The van der Waals surface area contributed by atoms with Gasteiger partial charge in [-0.3, -0.25) is 0 Å². The average molecular weight is 356 g/mol. The van der Waals surface area contributed by atoms with E-state index in [0.717, 1.165) is 35.8 Å². The molecule has 3 rings (SSSR count). The summed E-state index contributed by atoms with van der Waals surface area (Å²) < 4.78 is 8.37. The van der Waals surface area contributed by atoms with Gasteiger partial charge in [-0.05, 0) is 42.7 Å². The van der Waals surface area contributed by atoms with Gasteiger partial charge in [0.2, 0.25) is 0 Å². The molecule has 0 radical (unpaired) electrons. The summed E-state index contributed by atoms with van der Waals surface area (Å²) in [7, 11) is 1.90. The van der Waals surface area contributed by atoms with Crippen molar-refractivity contribution in [2.45, 2.75) is 25.5 Å². The van der Waals surface area contributed by atoms with E-state index >= 15 is 0 Å². The highest BCUT2D eigenvalue weighted by Crippen LogP contribution is 2.25. The molecule has 1 heterocycles. The predicted molar refractivity (Wildman–Crippen MR) is 102 cm³/mol. The van der Waals surface area contributed by atoms with Crippen molar-refractivity contribution in [1.82, 2.24) is 9.55 Å². The van der Waals surface area contributed by atoms with Gasteiger partial charge in [0.1, 0.15) is 11.9 Å². The van der Waals surface area contributed by atoms with Crippen molar-refractivity contribution in [2.75, 3.05) is 12.4 Å². The van der Waals surface area contributed by atoms with Gasteiger partial charge in [-0.15, -0.1) is 0 Å².